The summed E-state index contributed by atoms with van der Waals surface area (Å²) in [6.45, 7) is 2.53. The van der Waals surface area contributed by atoms with Gasteiger partial charge in [0.1, 0.15) is 11.3 Å². The van der Waals surface area contributed by atoms with Crippen molar-refractivity contribution in [1.82, 2.24) is 4.57 Å². The fourth-order valence-corrected chi connectivity index (χ4v) is 5.27. The molecule has 0 fully saturated rings. The highest BCUT2D eigenvalue weighted by molar-refractivity contribution is 7.17. The van der Waals surface area contributed by atoms with E-state index < -0.39 is 0 Å². The van der Waals surface area contributed by atoms with Crippen LogP contribution in [0.25, 0.3) is 21.2 Å². The second-order valence-electron chi connectivity index (χ2n) is 8.72. The molecule has 0 saturated heterocycles. The van der Waals surface area contributed by atoms with Gasteiger partial charge in [0.05, 0.1) is 15.9 Å². The summed E-state index contributed by atoms with van der Waals surface area (Å²) in [5.41, 5.74) is 5.12. The number of aromatic nitrogens is 1. The average molecular weight is 491 g/mol. The molecule has 3 aromatic heterocycles. The van der Waals surface area contributed by atoms with Gasteiger partial charge in [-0.05, 0) is 42.1 Å². The molecule has 0 aliphatic heterocycles. The van der Waals surface area contributed by atoms with E-state index in [0.717, 1.165) is 21.3 Å². The first-order valence-corrected chi connectivity index (χ1v) is 12.5. The molecule has 0 radical (unpaired) electrons. The summed E-state index contributed by atoms with van der Waals surface area (Å²) in [5.74, 6) is -0.447. The molecule has 1 N–H and O–H groups in total. The Morgan fingerprint density at radius 2 is 1.67 bits per heavy atom. The molecule has 6 heteroatoms. The Bertz CT molecular complexity index is 1720. The van der Waals surface area contributed by atoms with Gasteiger partial charge in [0.25, 0.3) is 5.91 Å². The third kappa shape index (κ3) is 3.91. The van der Waals surface area contributed by atoms with Gasteiger partial charge in [0, 0.05) is 17.5 Å². The van der Waals surface area contributed by atoms with Gasteiger partial charge in [-0.2, -0.15) is 0 Å². The van der Waals surface area contributed by atoms with Gasteiger partial charge in [-0.3, -0.25) is 9.59 Å². The number of thiophene rings is 1. The molecule has 5 nitrogen and oxygen atoms in total. The van der Waals surface area contributed by atoms with E-state index in [1.807, 2.05) is 89.7 Å². The Morgan fingerprint density at radius 3 is 2.47 bits per heavy atom. The fraction of sp³-hybridized carbons (Fsp3) is 0.0667. The van der Waals surface area contributed by atoms with E-state index >= 15 is 0 Å². The number of para-hydroxylation sites is 1. The number of fused-ring (bicyclic) bond motifs is 2. The molecule has 0 saturated carbocycles. The van der Waals surface area contributed by atoms with E-state index in [1.165, 1.54) is 0 Å². The van der Waals surface area contributed by atoms with E-state index in [4.69, 9.17) is 4.42 Å². The maximum Gasteiger partial charge on any atom is 0.272 e. The third-order valence-corrected chi connectivity index (χ3v) is 7.15. The predicted molar refractivity (Wildman–Crippen MR) is 144 cm³/mol. The topological polar surface area (TPSA) is 64.2 Å². The fourth-order valence-electron chi connectivity index (χ4n) is 4.44. The number of hydrogen-bond acceptors (Lipinski definition) is 4. The normalized spacial score (nSPS) is 11.2. The maximum absolute atomic E-state index is 13.7. The first-order valence-electron chi connectivity index (χ1n) is 11.6. The second kappa shape index (κ2) is 8.98. The van der Waals surface area contributed by atoms with Crippen LogP contribution in [0, 0.1) is 6.92 Å². The van der Waals surface area contributed by atoms with Crippen molar-refractivity contribution in [3.8, 4) is 0 Å². The number of furan rings is 1. The standard InChI is InChI=1S/C30H22N2O3S/c1-19-11-13-21(14-12-19)28(33)29-27(22-9-5-6-10-25(22)35-29)31-30(34)24-17-26-23(15-16-36-26)32(24)18-20-7-3-2-4-8-20/h2-17H,18H2,1H3,(H,31,34). The van der Waals surface area contributed by atoms with Gasteiger partial charge in [-0.15, -0.1) is 11.3 Å². The summed E-state index contributed by atoms with van der Waals surface area (Å²) < 4.78 is 9.03. The third-order valence-electron chi connectivity index (χ3n) is 6.29. The van der Waals surface area contributed by atoms with Crippen LogP contribution >= 0.6 is 11.3 Å². The van der Waals surface area contributed by atoms with Gasteiger partial charge in [-0.25, -0.2) is 0 Å². The largest absolute Gasteiger partial charge is 0.450 e. The van der Waals surface area contributed by atoms with Crippen LogP contribution in [-0.2, 0) is 6.54 Å². The Kier molecular flexibility index (Phi) is 5.51. The number of benzene rings is 3. The molecule has 6 rings (SSSR count). The summed E-state index contributed by atoms with van der Waals surface area (Å²) >= 11 is 1.59. The van der Waals surface area contributed by atoms with Crippen molar-refractivity contribution < 1.29 is 14.0 Å². The molecule has 0 aliphatic rings. The molecule has 3 heterocycles. The highest BCUT2D eigenvalue weighted by atomic mass is 32.1. The van der Waals surface area contributed by atoms with Crippen molar-refractivity contribution in [1.29, 1.82) is 0 Å². The lowest BCUT2D eigenvalue weighted by atomic mass is 10.1. The molecule has 1 amide bonds. The Morgan fingerprint density at radius 1 is 0.917 bits per heavy atom. The van der Waals surface area contributed by atoms with E-state index in [9.17, 15) is 9.59 Å². The zero-order valence-electron chi connectivity index (χ0n) is 19.5. The molecule has 0 aliphatic carbocycles. The van der Waals surface area contributed by atoms with E-state index in [-0.39, 0.29) is 17.5 Å². The Labute approximate surface area is 211 Å². The Hall–Kier alpha value is -4.42. The van der Waals surface area contributed by atoms with Gasteiger partial charge in [-0.1, -0.05) is 72.3 Å². The van der Waals surface area contributed by atoms with Crippen molar-refractivity contribution in [2.45, 2.75) is 13.5 Å². The molecule has 0 unspecified atom stereocenters. The minimum absolute atomic E-state index is 0.122. The lowest BCUT2D eigenvalue weighted by Gasteiger charge is -2.11. The van der Waals surface area contributed by atoms with Crippen molar-refractivity contribution in [2.75, 3.05) is 5.32 Å². The first-order chi connectivity index (χ1) is 17.6. The summed E-state index contributed by atoms with van der Waals surface area (Å²) in [6, 6.07) is 28.6. The smallest absolute Gasteiger partial charge is 0.272 e. The van der Waals surface area contributed by atoms with Crippen LogP contribution in [0.1, 0.15) is 37.7 Å². The van der Waals surface area contributed by atoms with Crippen molar-refractivity contribution >= 4 is 49.9 Å². The number of anilines is 1. The summed E-state index contributed by atoms with van der Waals surface area (Å²) in [4.78, 5) is 27.1. The molecule has 176 valence electrons. The predicted octanol–water partition coefficient (Wildman–Crippen LogP) is 7.29. The van der Waals surface area contributed by atoms with Crippen LogP contribution in [0.15, 0.2) is 101 Å². The maximum atomic E-state index is 13.7. The van der Waals surface area contributed by atoms with Crippen LogP contribution in [-0.4, -0.2) is 16.3 Å². The van der Waals surface area contributed by atoms with E-state index in [0.29, 0.717) is 34.5 Å². The van der Waals surface area contributed by atoms with Crippen LogP contribution in [0.2, 0.25) is 0 Å². The van der Waals surface area contributed by atoms with Gasteiger partial charge < -0.3 is 14.3 Å². The van der Waals surface area contributed by atoms with Gasteiger partial charge in [0.2, 0.25) is 5.78 Å². The monoisotopic (exact) mass is 490 g/mol. The molecule has 0 bridgehead atoms. The van der Waals surface area contributed by atoms with E-state index in [2.05, 4.69) is 5.32 Å². The number of nitrogens with zero attached hydrogens (tertiary/aromatic N) is 1. The van der Waals surface area contributed by atoms with Crippen LogP contribution in [0.5, 0.6) is 0 Å². The van der Waals surface area contributed by atoms with Crippen LogP contribution in [0.3, 0.4) is 0 Å². The van der Waals surface area contributed by atoms with Crippen LogP contribution < -0.4 is 5.32 Å². The zero-order valence-corrected chi connectivity index (χ0v) is 20.3. The molecule has 0 atom stereocenters. The average Bonchev–Trinajstić information content (AvgIpc) is 3.59. The number of aryl methyl sites for hydroxylation is 1. The molecular formula is C30H22N2O3S. The second-order valence-corrected chi connectivity index (χ2v) is 9.67. The molecule has 3 aromatic carbocycles. The van der Waals surface area contributed by atoms with Gasteiger partial charge in [0.15, 0.2) is 5.76 Å². The summed E-state index contributed by atoms with van der Waals surface area (Å²) in [7, 11) is 0. The number of ketones is 1. The number of carbonyl (C=O) groups excluding carboxylic acids is 2. The first kappa shape index (κ1) is 22.1. The minimum Gasteiger partial charge on any atom is -0.450 e. The number of carbonyl (C=O) groups is 2. The number of nitrogens with one attached hydrogen (secondary N) is 1. The molecule has 6 aromatic rings. The highest BCUT2D eigenvalue weighted by Gasteiger charge is 2.25. The minimum atomic E-state index is -0.293. The highest BCUT2D eigenvalue weighted by Crippen LogP contribution is 2.34. The van der Waals surface area contributed by atoms with Crippen molar-refractivity contribution in [2.24, 2.45) is 0 Å². The molecule has 36 heavy (non-hydrogen) atoms. The SMILES string of the molecule is Cc1ccc(C(=O)c2oc3ccccc3c2NC(=O)c2cc3sccc3n2Cc2ccccc2)cc1. The van der Waals surface area contributed by atoms with Crippen molar-refractivity contribution in [3.05, 3.63) is 125 Å². The van der Waals surface area contributed by atoms with Crippen molar-refractivity contribution in [3.63, 3.8) is 0 Å². The van der Waals surface area contributed by atoms with E-state index in [1.54, 1.807) is 29.5 Å². The number of amides is 1. The lowest BCUT2D eigenvalue weighted by Crippen LogP contribution is -2.18. The zero-order chi connectivity index (χ0) is 24.6. The quantitative estimate of drug-likeness (QED) is 0.249. The Balaban J connectivity index is 1.42. The molecular weight excluding hydrogens is 468 g/mol. The lowest BCUT2D eigenvalue weighted by molar-refractivity contribution is 0.101. The van der Waals surface area contributed by atoms with Gasteiger partial charge >= 0.3 is 0 Å². The summed E-state index contributed by atoms with van der Waals surface area (Å²) in [6.07, 6.45) is 0. The number of rotatable bonds is 6. The summed E-state index contributed by atoms with van der Waals surface area (Å²) in [5, 5.41) is 5.73. The van der Waals surface area contributed by atoms with Crippen LogP contribution in [0.4, 0.5) is 5.69 Å². The number of hydrogen-bond donors (Lipinski definition) is 1. The molecule has 0 spiro atoms.